The van der Waals surface area contributed by atoms with Gasteiger partial charge < -0.3 is 20.4 Å². The van der Waals surface area contributed by atoms with Gasteiger partial charge in [-0.1, -0.05) is 18.2 Å². The molecule has 32 heteroatoms. The first-order valence-corrected chi connectivity index (χ1v) is 20.2. The summed E-state index contributed by atoms with van der Waals surface area (Å²) >= 11 is 0. The van der Waals surface area contributed by atoms with Crippen LogP contribution in [0.15, 0.2) is 88.6 Å². The molecule has 0 unspecified atom stereocenters. The van der Waals surface area contributed by atoms with E-state index < -0.39 is 129 Å². The number of benzene rings is 4. The van der Waals surface area contributed by atoms with E-state index in [0.717, 1.165) is 42.5 Å². The Balaban J connectivity index is 0.000000221. The Bertz CT molecular complexity index is 3220. The Kier molecular flexibility index (Phi) is 11.1. The number of carboxylic acid groups (broad SMARTS) is 2. The van der Waals surface area contributed by atoms with Gasteiger partial charge in [0.15, 0.2) is 11.5 Å². The highest BCUT2D eigenvalue weighted by Gasteiger charge is 2.26. The van der Waals surface area contributed by atoms with E-state index in [4.69, 9.17) is 10.2 Å². The first kappa shape index (κ1) is 42.2. The van der Waals surface area contributed by atoms with E-state index >= 15 is 0 Å². The van der Waals surface area contributed by atoms with Crippen molar-refractivity contribution in [1.29, 1.82) is 0 Å². The zero-order valence-corrected chi connectivity index (χ0v) is 30.8. The first-order valence-electron chi connectivity index (χ1n) is 14.4. The Morgan fingerprint density at radius 2 is 1.10 bits per heavy atom. The molecule has 304 valence electrons. The predicted molar refractivity (Wildman–Crippen MR) is 186 cm³/mol. The minimum Gasteiger partial charge on any atom is -0.505 e. The van der Waals surface area contributed by atoms with Crippen LogP contribution in [0, 0.1) is 0 Å². The summed E-state index contributed by atoms with van der Waals surface area (Å²) in [5.41, 5.74) is -1.25. The molecule has 6 aromatic rings. The fourth-order valence-corrected chi connectivity index (χ4v) is 7.19. The highest BCUT2D eigenvalue weighted by atomic mass is 32.2. The SMILES string of the molecule is O=C(O)c1nc(N=Nc2c(O)c(S(=O)(=O)O)cc3ccc(S(=O)(=O)O)cc23)n[nH]1.O=C(O)c1nc(N=Nc2cc(S(=O)(=O)O)c3cccc(S(=O)(=O)O)c3c2O)n[nH]1. The molecule has 0 radical (unpaired) electrons. The van der Waals surface area contributed by atoms with Gasteiger partial charge in [0.2, 0.25) is 11.6 Å². The minimum atomic E-state index is -4.93. The van der Waals surface area contributed by atoms with Crippen LogP contribution in [0.1, 0.15) is 21.2 Å². The normalized spacial score (nSPS) is 12.6. The number of aromatic hydroxyl groups is 2. The van der Waals surface area contributed by atoms with Gasteiger partial charge in [-0.05, 0) is 35.7 Å². The third kappa shape index (κ3) is 9.02. The van der Waals surface area contributed by atoms with Crippen LogP contribution in [0.25, 0.3) is 21.5 Å². The highest BCUT2D eigenvalue weighted by molar-refractivity contribution is 7.87. The zero-order valence-electron chi connectivity index (χ0n) is 27.5. The van der Waals surface area contributed by atoms with Gasteiger partial charge in [-0.2, -0.15) is 43.6 Å². The molecule has 0 amide bonds. The standard InChI is InChI=1S/2C13H9N5O9S2/c19-10-8(29(25,26)27)3-5-1-2-6(28(22,23)24)4-7(5)9(10)15-17-13-14-11(12(20)21)16-18-13;19-10-6(15-17-13-14-11(12(20)21)16-18-13)4-8(29(25,26)27)5-2-1-3-7(9(5)10)28(22,23)24/h2*1-4,19H,(H,20,21)(H,14,16,18)(H,22,23,24)(H,25,26,27). The fourth-order valence-electron chi connectivity index (χ4n) is 4.64. The summed E-state index contributed by atoms with van der Waals surface area (Å²) < 4.78 is 130. The molecule has 2 aromatic heterocycles. The first-order chi connectivity index (χ1) is 26.8. The van der Waals surface area contributed by atoms with E-state index in [1.54, 1.807) is 0 Å². The van der Waals surface area contributed by atoms with Crippen LogP contribution in [0.5, 0.6) is 11.5 Å². The van der Waals surface area contributed by atoms with Crippen molar-refractivity contribution < 1.29 is 81.9 Å². The van der Waals surface area contributed by atoms with E-state index in [1.165, 1.54) is 0 Å². The second kappa shape index (κ2) is 15.2. The summed E-state index contributed by atoms with van der Waals surface area (Å²) in [6.45, 7) is 0. The van der Waals surface area contributed by atoms with Gasteiger partial charge in [-0.3, -0.25) is 28.4 Å². The van der Waals surface area contributed by atoms with Gasteiger partial charge in [0.05, 0.1) is 4.90 Å². The molecule has 0 atom stereocenters. The summed E-state index contributed by atoms with van der Waals surface area (Å²) in [7, 11) is -19.4. The van der Waals surface area contributed by atoms with Crippen LogP contribution in [0.3, 0.4) is 0 Å². The van der Waals surface area contributed by atoms with Crippen molar-refractivity contribution in [3.05, 3.63) is 60.2 Å². The fraction of sp³-hybridized carbons (Fsp3) is 0. The van der Waals surface area contributed by atoms with Gasteiger partial charge in [0.25, 0.3) is 52.4 Å². The molecule has 2 heterocycles. The van der Waals surface area contributed by atoms with Gasteiger partial charge in [0, 0.05) is 16.2 Å². The second-order valence-electron chi connectivity index (χ2n) is 10.8. The number of phenols is 2. The summed E-state index contributed by atoms with van der Waals surface area (Å²) in [4.78, 5) is 25.2. The number of aromatic amines is 2. The molecule has 0 aliphatic carbocycles. The Morgan fingerprint density at radius 1 is 0.569 bits per heavy atom. The van der Waals surface area contributed by atoms with Crippen LogP contribution in [-0.2, 0) is 40.5 Å². The Hall–Kier alpha value is -6.94. The number of rotatable bonds is 10. The van der Waals surface area contributed by atoms with Gasteiger partial charge in [-0.25, -0.2) is 9.59 Å². The number of nitrogens with zero attached hydrogens (tertiary/aromatic N) is 8. The topological polar surface area (TPSA) is 465 Å². The van der Waals surface area contributed by atoms with E-state index in [-0.39, 0.29) is 10.8 Å². The Morgan fingerprint density at radius 3 is 1.59 bits per heavy atom. The molecule has 0 aliphatic heterocycles. The Labute approximate surface area is 320 Å². The molecule has 0 aliphatic rings. The molecule has 28 nitrogen and oxygen atoms in total. The smallest absolute Gasteiger partial charge is 0.373 e. The van der Waals surface area contributed by atoms with E-state index in [1.807, 2.05) is 10.2 Å². The quantitative estimate of drug-likeness (QED) is 0.0697. The third-order valence-corrected chi connectivity index (χ3v) is 10.5. The lowest BCUT2D eigenvalue weighted by Crippen LogP contribution is -2.03. The molecule has 0 bridgehead atoms. The molecule has 0 saturated carbocycles. The maximum atomic E-state index is 11.7. The molecule has 0 saturated heterocycles. The van der Waals surface area contributed by atoms with E-state index in [2.05, 4.69) is 40.6 Å². The molecule has 4 aromatic carbocycles. The molecule has 0 fully saturated rings. The number of H-pyrrole nitrogens is 2. The molecular weight excluding hydrogens is 869 g/mol. The lowest BCUT2D eigenvalue weighted by molar-refractivity contribution is 0.0673. The monoisotopic (exact) mass is 886 g/mol. The largest absolute Gasteiger partial charge is 0.505 e. The molecule has 6 rings (SSSR count). The predicted octanol–water partition coefficient (Wildman–Crippen LogP) is 2.54. The average molecular weight is 887 g/mol. The number of fused-ring (bicyclic) bond motifs is 2. The van der Waals surface area contributed by atoms with Gasteiger partial charge in [0.1, 0.15) is 26.1 Å². The van der Waals surface area contributed by atoms with Crippen molar-refractivity contribution in [2.24, 2.45) is 20.5 Å². The minimum absolute atomic E-state index is 0.0120. The number of carboxylic acids is 2. The number of carbonyl (C=O) groups is 2. The van der Waals surface area contributed by atoms with Crippen molar-refractivity contribution >= 4 is 97.2 Å². The van der Waals surface area contributed by atoms with Crippen molar-refractivity contribution in [1.82, 2.24) is 30.4 Å². The van der Waals surface area contributed by atoms with Gasteiger partial charge in [-0.15, -0.1) is 30.7 Å². The average Bonchev–Trinajstić information content (AvgIpc) is 3.80. The maximum Gasteiger partial charge on any atom is 0.373 e. The number of hydrogen-bond acceptors (Lipinski definition) is 20. The van der Waals surface area contributed by atoms with Crippen molar-refractivity contribution in [3.8, 4) is 11.5 Å². The van der Waals surface area contributed by atoms with E-state index in [9.17, 15) is 71.7 Å². The number of phenolic OH excluding ortho intramolecular Hbond substituents is 2. The van der Waals surface area contributed by atoms with Crippen LogP contribution in [0.4, 0.5) is 23.3 Å². The maximum absolute atomic E-state index is 11.7. The third-order valence-electron chi connectivity index (χ3n) is 7.03. The summed E-state index contributed by atoms with van der Waals surface area (Å²) in [6, 6.07) is 7.54. The summed E-state index contributed by atoms with van der Waals surface area (Å²) in [5.74, 6) is -7.01. The van der Waals surface area contributed by atoms with Crippen molar-refractivity contribution in [3.63, 3.8) is 0 Å². The van der Waals surface area contributed by atoms with Crippen LogP contribution in [0.2, 0.25) is 0 Å². The van der Waals surface area contributed by atoms with Crippen LogP contribution in [-0.4, -0.2) is 115 Å². The van der Waals surface area contributed by atoms with Crippen molar-refractivity contribution in [2.45, 2.75) is 19.6 Å². The lowest BCUT2D eigenvalue weighted by atomic mass is 10.1. The number of nitrogens with one attached hydrogen (secondary N) is 2. The number of aromatic nitrogens is 6. The second-order valence-corrected chi connectivity index (χ2v) is 16.3. The number of aromatic carboxylic acids is 2. The van der Waals surface area contributed by atoms with Gasteiger partial charge >= 0.3 is 11.9 Å². The number of hydrogen-bond donors (Lipinski definition) is 10. The number of azo groups is 2. The molecule has 0 spiro atoms. The highest BCUT2D eigenvalue weighted by Crippen LogP contribution is 2.43. The van der Waals surface area contributed by atoms with E-state index in [0.29, 0.717) is 6.07 Å². The molecule has 58 heavy (non-hydrogen) atoms. The van der Waals surface area contributed by atoms with Crippen molar-refractivity contribution in [2.75, 3.05) is 0 Å². The summed E-state index contributed by atoms with van der Waals surface area (Å²) in [5, 5.41) is 61.8. The van der Waals surface area contributed by atoms with Crippen LogP contribution < -0.4 is 0 Å². The lowest BCUT2D eigenvalue weighted by Gasteiger charge is -2.11. The van der Waals surface area contributed by atoms with Crippen LogP contribution >= 0.6 is 0 Å². The molecular formula is C26H18N10O18S4. The summed E-state index contributed by atoms with van der Waals surface area (Å²) in [6.07, 6.45) is 0. The molecule has 10 N–H and O–H groups in total. The zero-order chi connectivity index (χ0) is 43.1.